The van der Waals surface area contributed by atoms with E-state index in [2.05, 4.69) is 37.9 Å². The lowest BCUT2D eigenvalue weighted by atomic mass is 9.99. The molecule has 62 heavy (non-hydrogen) atoms. The minimum atomic E-state index is -5.63. The van der Waals surface area contributed by atoms with Gasteiger partial charge in [-0.1, -0.05) is 30.8 Å². The second kappa shape index (κ2) is 19.9. The number of benzene rings is 2. The van der Waals surface area contributed by atoms with Crippen molar-refractivity contribution in [3.8, 4) is 5.75 Å². The standard InChI is InChI=1S/C16H21O13P3.C12H17N2O12P3S/c1-25-14-7-11-5-3-2-4-10(11)6-12(14)15-8-13(17)16(27-15)9-26-31(21,22)29-32(23,24)28-30(18,19)20;1-7-12-8(13-6-30-12)2-3-14(7)11-4-9(15)10(24-11)5-23-28(19,20)26-29(21,22)25-27(16,17)18/h2-7,13,15-17H,8-9H2,1H3,(H,21,22)(H,23,24)(H2,18,19,20);2-3,6,9-11,15H,1,4-5H2,(H,19,20)(H,21,22)(H2,16,17,18)/t13?,15-,16-;9?,10-,11-/m11/s1. The van der Waals surface area contributed by atoms with E-state index in [-0.39, 0.29) is 12.8 Å². The lowest BCUT2D eigenvalue weighted by Crippen LogP contribution is -2.31. The van der Waals surface area contributed by atoms with Gasteiger partial charge in [-0.15, -0.1) is 11.3 Å². The molecule has 4 heterocycles. The Morgan fingerprint density at radius 2 is 1.27 bits per heavy atom. The largest absolute Gasteiger partial charge is 0.496 e. The Labute approximate surface area is 353 Å². The van der Waals surface area contributed by atoms with Crippen LogP contribution in [0.4, 0.5) is 0 Å². The van der Waals surface area contributed by atoms with Gasteiger partial charge in [0.05, 0.1) is 60.4 Å². The van der Waals surface area contributed by atoms with Crippen LogP contribution in [-0.4, -0.2) is 110 Å². The molecule has 6 rings (SSSR count). The maximum Gasteiger partial charge on any atom is 0.490 e. The zero-order chi connectivity index (χ0) is 46.1. The highest BCUT2D eigenvalue weighted by Crippen LogP contribution is 2.67. The van der Waals surface area contributed by atoms with Crippen molar-refractivity contribution in [2.24, 2.45) is 0 Å². The number of phosphoric ester groups is 2. The summed E-state index contributed by atoms with van der Waals surface area (Å²) in [6.07, 6.45) is -2.28. The number of rotatable bonds is 17. The molecule has 3 aliphatic rings. The van der Waals surface area contributed by atoms with Gasteiger partial charge in [-0.2, -0.15) is 17.2 Å². The number of methoxy groups -OCH3 is 1. The Morgan fingerprint density at radius 3 is 1.81 bits per heavy atom. The first-order chi connectivity index (χ1) is 28.5. The van der Waals surface area contributed by atoms with Gasteiger partial charge in [0.2, 0.25) is 0 Å². The highest BCUT2D eigenvalue weighted by Gasteiger charge is 2.45. The molecule has 0 spiro atoms. The van der Waals surface area contributed by atoms with Crippen molar-refractivity contribution in [2.75, 3.05) is 20.3 Å². The summed E-state index contributed by atoms with van der Waals surface area (Å²) >= 11 is 1.37. The number of hydrogen-bond donors (Lipinski definition) is 10. The molecule has 2 saturated heterocycles. The quantitative estimate of drug-likeness (QED) is 0.0863. The van der Waals surface area contributed by atoms with Crippen molar-refractivity contribution in [3.05, 3.63) is 70.8 Å². The van der Waals surface area contributed by atoms with Crippen molar-refractivity contribution in [1.29, 1.82) is 0 Å². The van der Waals surface area contributed by atoms with E-state index in [4.69, 9.17) is 38.7 Å². The molecule has 3 aromatic rings. The molecule has 34 heteroatoms. The maximum absolute atomic E-state index is 11.9. The molecule has 2 fully saturated rings. The second-order valence-electron chi connectivity index (χ2n) is 12.8. The molecular weight excluding hydrogens is 982 g/mol. The number of aliphatic hydroxyl groups is 2. The average molecular weight is 1020 g/mol. The zero-order valence-corrected chi connectivity index (χ0v) is 37.5. The van der Waals surface area contributed by atoms with Crippen LogP contribution in [-0.2, 0) is 63.2 Å². The normalized spacial score (nSPS) is 26.8. The Kier molecular flexibility index (Phi) is 16.4. The highest BCUT2D eigenvalue weighted by atomic mass is 32.1. The summed E-state index contributed by atoms with van der Waals surface area (Å²) in [6.45, 7) is 2.49. The summed E-state index contributed by atoms with van der Waals surface area (Å²) in [5.74, 6) is 0.509. The van der Waals surface area contributed by atoms with Crippen LogP contribution in [0.5, 0.6) is 5.75 Å². The molecule has 10 N–H and O–H groups in total. The minimum Gasteiger partial charge on any atom is -0.496 e. The Balaban J connectivity index is 0.000000235. The molecule has 1 aromatic heterocycles. The van der Waals surface area contributed by atoms with Crippen LogP contribution in [0.3, 0.4) is 0 Å². The molecule has 0 aliphatic carbocycles. The first kappa shape index (κ1) is 51.1. The molecule has 0 radical (unpaired) electrons. The number of aliphatic hydroxyl groups excluding tert-OH is 2. The third-order valence-corrected chi connectivity index (χ3v) is 16.9. The molecule has 0 saturated carbocycles. The third kappa shape index (κ3) is 14.5. The Morgan fingerprint density at radius 1 is 0.758 bits per heavy atom. The fourth-order valence-electron chi connectivity index (χ4n) is 5.94. The monoisotopic (exact) mass is 1020 g/mol. The summed E-state index contributed by atoms with van der Waals surface area (Å²) in [7, 11) is -31.4. The van der Waals surface area contributed by atoms with E-state index in [0.29, 0.717) is 17.0 Å². The lowest BCUT2D eigenvalue weighted by Gasteiger charge is -2.30. The molecule has 10 atom stereocenters. The number of aromatic nitrogens is 1. The van der Waals surface area contributed by atoms with Crippen LogP contribution < -0.4 is 4.74 Å². The van der Waals surface area contributed by atoms with Gasteiger partial charge in [-0.25, -0.2) is 32.4 Å². The van der Waals surface area contributed by atoms with E-state index >= 15 is 0 Å². The Bertz CT molecular complexity index is 2440. The van der Waals surface area contributed by atoms with Crippen LogP contribution in [0.2, 0.25) is 0 Å². The van der Waals surface area contributed by atoms with Gasteiger partial charge >= 0.3 is 46.9 Å². The van der Waals surface area contributed by atoms with Crippen LogP contribution in [0, 0.1) is 0 Å². The van der Waals surface area contributed by atoms with E-state index < -0.39 is 96.9 Å². The van der Waals surface area contributed by atoms with Gasteiger partial charge in [0.1, 0.15) is 24.2 Å². The smallest absolute Gasteiger partial charge is 0.490 e. The molecule has 2 aromatic carbocycles. The highest BCUT2D eigenvalue weighted by molar-refractivity contribution is 7.67. The number of fused-ring (bicyclic) bond motifs is 2. The fraction of sp³-hybridized carbons (Fsp3) is 0.393. The molecular formula is C28H38N2O25P6S. The zero-order valence-electron chi connectivity index (χ0n) is 31.3. The number of thiazole rings is 1. The van der Waals surface area contributed by atoms with E-state index in [9.17, 15) is 52.3 Å². The number of nitrogens with zero attached hydrogens (tertiary/aromatic N) is 2. The second-order valence-corrected chi connectivity index (χ2v) is 22.5. The van der Waals surface area contributed by atoms with Gasteiger partial charge in [-0.05, 0) is 29.0 Å². The molecule has 3 aliphatic heterocycles. The Hall–Kier alpha value is -1.93. The summed E-state index contributed by atoms with van der Waals surface area (Å²) in [5.41, 5.74) is 3.61. The average Bonchev–Trinajstić information content (AvgIpc) is 3.85. The molecule has 0 amide bonds. The topological polar surface area (TPSA) is 404 Å². The van der Waals surface area contributed by atoms with Gasteiger partial charge in [0, 0.05) is 24.6 Å². The van der Waals surface area contributed by atoms with Gasteiger partial charge in [-0.3, -0.25) is 9.05 Å². The van der Waals surface area contributed by atoms with Crippen molar-refractivity contribution < 1.29 is 117 Å². The molecule has 0 bridgehead atoms. The van der Waals surface area contributed by atoms with E-state index in [1.54, 1.807) is 28.8 Å². The first-order valence-electron chi connectivity index (χ1n) is 16.9. The van der Waals surface area contributed by atoms with Crippen molar-refractivity contribution >= 4 is 80.8 Å². The lowest BCUT2D eigenvalue weighted by molar-refractivity contribution is -0.0496. The summed E-state index contributed by atoms with van der Waals surface area (Å²) in [5, 5.41) is 22.3. The third-order valence-electron chi connectivity index (χ3n) is 8.38. The van der Waals surface area contributed by atoms with Gasteiger partial charge < -0.3 is 68.5 Å². The van der Waals surface area contributed by atoms with Crippen molar-refractivity contribution in [3.63, 3.8) is 0 Å². The SMILES string of the molecule is C=C1c2scnc2C=CN1[C@H]1CC(O)[C@@H](COP(=O)(O)OP(=O)(O)OP(=O)(O)O)O1.COc1cc2ccccc2cc1[C@H]1CC(O)[C@@H](COP(=O)(O)OP(=O)(O)OP(=O)(O)O)O1. The molecule has 6 unspecified atom stereocenters. The van der Waals surface area contributed by atoms with Gasteiger partial charge in [0.25, 0.3) is 0 Å². The van der Waals surface area contributed by atoms with E-state index in [0.717, 1.165) is 21.3 Å². The number of hydrogen-bond acceptors (Lipinski definition) is 20. The van der Waals surface area contributed by atoms with Crippen LogP contribution in [0.1, 0.15) is 35.1 Å². The first-order valence-corrected chi connectivity index (χ1v) is 26.9. The maximum atomic E-state index is 11.9. The number of ether oxygens (including phenoxy) is 3. The van der Waals surface area contributed by atoms with E-state index in [1.807, 2.05) is 30.3 Å². The van der Waals surface area contributed by atoms with Crippen molar-refractivity contribution in [1.82, 2.24) is 9.88 Å². The van der Waals surface area contributed by atoms with Crippen molar-refractivity contribution in [2.45, 2.75) is 49.6 Å². The summed E-state index contributed by atoms with van der Waals surface area (Å²) < 4.78 is 108. The van der Waals surface area contributed by atoms with Crippen LogP contribution in [0.25, 0.3) is 22.5 Å². The molecule has 346 valence electrons. The summed E-state index contributed by atoms with van der Waals surface area (Å²) in [4.78, 5) is 78.1. The fourth-order valence-corrected chi connectivity index (χ4v) is 12.8. The van der Waals surface area contributed by atoms with Crippen LogP contribution in [0.15, 0.2) is 54.7 Å². The molecule has 27 nitrogen and oxygen atoms in total. The predicted molar refractivity (Wildman–Crippen MR) is 210 cm³/mol. The number of phosphoric acid groups is 6. The van der Waals surface area contributed by atoms with Crippen LogP contribution >= 0.6 is 58.3 Å². The van der Waals surface area contributed by atoms with E-state index in [1.165, 1.54) is 18.4 Å². The minimum absolute atomic E-state index is 0.0852. The van der Waals surface area contributed by atoms with Gasteiger partial charge in [0.15, 0.2) is 0 Å². The summed E-state index contributed by atoms with van der Waals surface area (Å²) in [6, 6.07) is 11.1. The predicted octanol–water partition coefficient (Wildman–Crippen LogP) is 3.60.